The molecule has 2 heterocycles. The largest absolute Gasteiger partial charge is 0.499 e. The van der Waals surface area contributed by atoms with Gasteiger partial charge < -0.3 is 49.6 Å². The highest BCUT2D eigenvalue weighted by atomic mass is 16.6. The number of rotatable bonds is 22. The van der Waals surface area contributed by atoms with Gasteiger partial charge >= 0.3 is 17.9 Å². The van der Waals surface area contributed by atoms with Gasteiger partial charge in [-0.3, -0.25) is 4.79 Å². The molecule has 0 fully saturated rings. The van der Waals surface area contributed by atoms with Gasteiger partial charge in [-0.15, -0.1) is 0 Å². The maximum atomic E-state index is 12.0. The van der Waals surface area contributed by atoms with Crippen molar-refractivity contribution < 1.29 is 64.0 Å². The first-order chi connectivity index (χ1) is 19.7. The van der Waals surface area contributed by atoms with Gasteiger partial charge in [-0.25, -0.2) is 9.59 Å². The Bertz CT molecular complexity index is 913. The molecule has 0 amide bonds. The van der Waals surface area contributed by atoms with Crippen LogP contribution in [0.2, 0.25) is 0 Å². The van der Waals surface area contributed by atoms with Gasteiger partial charge in [-0.2, -0.15) is 0 Å². The third-order valence-corrected chi connectivity index (χ3v) is 6.92. The first kappa shape index (κ1) is 34.3. The van der Waals surface area contributed by atoms with Gasteiger partial charge in [0.15, 0.2) is 18.0 Å². The number of aliphatic hydroxyl groups excluding tert-OH is 6. The quantitative estimate of drug-likeness (QED) is 0.0609. The number of ether oxygens (including phenoxy) is 4. The van der Waals surface area contributed by atoms with Crippen molar-refractivity contribution in [2.45, 2.75) is 114 Å². The van der Waals surface area contributed by atoms with Crippen LogP contribution in [0.3, 0.4) is 0 Å². The van der Waals surface area contributed by atoms with Crippen LogP contribution in [0.4, 0.5) is 0 Å². The molecule has 2 rings (SSSR count). The molecule has 13 nitrogen and oxygen atoms in total. The highest BCUT2D eigenvalue weighted by molar-refractivity contribution is 5.90. The van der Waals surface area contributed by atoms with Crippen LogP contribution in [-0.2, 0) is 33.3 Å². The number of carbonyl (C=O) groups is 3. The highest BCUT2D eigenvalue weighted by Gasteiger charge is 2.42. The van der Waals surface area contributed by atoms with Crippen molar-refractivity contribution >= 4 is 17.9 Å². The van der Waals surface area contributed by atoms with E-state index < -0.39 is 72.8 Å². The highest BCUT2D eigenvalue weighted by Crippen LogP contribution is 2.26. The zero-order valence-electron chi connectivity index (χ0n) is 23.4. The van der Waals surface area contributed by atoms with Gasteiger partial charge in [-0.05, 0) is 12.8 Å². The molecule has 0 aromatic heterocycles. The summed E-state index contributed by atoms with van der Waals surface area (Å²) in [4.78, 5) is 34.9. The fourth-order valence-electron chi connectivity index (χ4n) is 4.55. The van der Waals surface area contributed by atoms with E-state index in [0.717, 1.165) is 77.0 Å². The molecule has 0 aromatic rings. The van der Waals surface area contributed by atoms with Crippen molar-refractivity contribution in [3.63, 3.8) is 0 Å². The normalized spacial score (nSPS) is 20.3. The molecule has 2 aliphatic heterocycles. The summed E-state index contributed by atoms with van der Waals surface area (Å²) in [6.45, 7) is -1.07. The first-order valence-electron chi connectivity index (χ1n) is 14.4. The molecular weight excluding hydrogens is 544 g/mol. The maximum absolute atomic E-state index is 12.0. The van der Waals surface area contributed by atoms with Gasteiger partial charge in [0.1, 0.15) is 12.2 Å². The number of carbonyl (C=O) groups excluding carboxylic acids is 3. The van der Waals surface area contributed by atoms with E-state index in [2.05, 4.69) is 0 Å². The SMILES string of the molecule is O=C(CCCCCCCCCCCCCCCOC1=C(O)C(=O)O[C@@H]1[C@@H](O)CO)OC1=C(O)C(=O)O[C@@H]1[C@@H](O)CO. The van der Waals surface area contributed by atoms with Crippen molar-refractivity contribution in [2.24, 2.45) is 0 Å². The van der Waals surface area contributed by atoms with Crippen LogP contribution in [0.1, 0.15) is 89.9 Å². The number of hydrogen-bond acceptors (Lipinski definition) is 13. The first-order valence-corrected chi connectivity index (χ1v) is 14.4. The Morgan fingerprint density at radius 2 is 1.05 bits per heavy atom. The Morgan fingerprint density at radius 3 is 1.51 bits per heavy atom. The molecular formula is C28H44O13. The second-order valence-corrected chi connectivity index (χ2v) is 10.2. The van der Waals surface area contributed by atoms with Crippen LogP contribution in [0.25, 0.3) is 0 Å². The van der Waals surface area contributed by atoms with E-state index in [1.165, 1.54) is 0 Å². The van der Waals surface area contributed by atoms with E-state index in [1.807, 2.05) is 0 Å². The second kappa shape index (κ2) is 18.5. The van der Waals surface area contributed by atoms with E-state index in [1.54, 1.807) is 0 Å². The molecule has 234 valence electrons. The summed E-state index contributed by atoms with van der Waals surface area (Å²) in [5.74, 6) is -4.84. The van der Waals surface area contributed by atoms with Crippen molar-refractivity contribution in [1.29, 1.82) is 0 Å². The second-order valence-electron chi connectivity index (χ2n) is 10.2. The number of esters is 3. The molecule has 2 aliphatic rings. The Balaban J connectivity index is 1.40. The molecule has 0 spiro atoms. The van der Waals surface area contributed by atoms with Crippen molar-refractivity contribution in [2.75, 3.05) is 19.8 Å². The third-order valence-electron chi connectivity index (χ3n) is 6.92. The fourth-order valence-corrected chi connectivity index (χ4v) is 4.55. The van der Waals surface area contributed by atoms with Crippen molar-refractivity contribution in [3.05, 3.63) is 23.0 Å². The molecule has 0 radical (unpaired) electrons. The standard InChI is InChI=1S/C28H44O13/c29-16-18(31)23-25(21(34)27(36)40-23)38-15-13-11-9-7-5-3-1-2-4-6-8-10-12-14-20(33)39-26-22(35)28(37)41-24(26)19(32)17-30/h18-19,23-24,29-32,34-35H,1-17H2/t18-,19-,23+,24+/m0/s1. The fraction of sp³-hybridized carbons (Fsp3) is 0.750. The van der Waals surface area contributed by atoms with Crippen LogP contribution >= 0.6 is 0 Å². The van der Waals surface area contributed by atoms with Gasteiger partial charge in [0, 0.05) is 6.42 Å². The number of unbranched alkanes of at least 4 members (excludes halogenated alkanes) is 12. The van der Waals surface area contributed by atoms with Gasteiger partial charge in [0.05, 0.1) is 19.8 Å². The molecule has 0 unspecified atom stereocenters. The lowest BCUT2D eigenvalue weighted by Gasteiger charge is -2.18. The lowest BCUT2D eigenvalue weighted by atomic mass is 10.0. The average molecular weight is 589 g/mol. The number of hydrogen-bond donors (Lipinski definition) is 6. The van der Waals surface area contributed by atoms with Gasteiger partial charge in [-0.1, -0.05) is 70.6 Å². The monoisotopic (exact) mass is 588 g/mol. The maximum Gasteiger partial charge on any atom is 0.378 e. The molecule has 13 heteroatoms. The Morgan fingerprint density at radius 1 is 0.659 bits per heavy atom. The molecule has 41 heavy (non-hydrogen) atoms. The summed E-state index contributed by atoms with van der Waals surface area (Å²) in [5.41, 5.74) is 0. The summed E-state index contributed by atoms with van der Waals surface area (Å²) in [6.07, 6.45) is 7.66. The molecule has 0 saturated carbocycles. The van der Waals surface area contributed by atoms with E-state index in [4.69, 9.17) is 29.2 Å². The average Bonchev–Trinajstić information content (AvgIpc) is 3.41. The number of aliphatic hydroxyl groups is 6. The van der Waals surface area contributed by atoms with Crippen LogP contribution in [0, 0.1) is 0 Å². The molecule has 0 bridgehead atoms. The van der Waals surface area contributed by atoms with Gasteiger partial charge in [0.25, 0.3) is 0 Å². The van der Waals surface area contributed by atoms with Crippen LogP contribution in [-0.4, -0.2) is 92.8 Å². The molecule has 4 atom stereocenters. The van der Waals surface area contributed by atoms with Crippen LogP contribution < -0.4 is 0 Å². The minimum Gasteiger partial charge on any atom is -0.499 e. The minimum absolute atomic E-state index is 0.0980. The molecule has 6 N–H and O–H groups in total. The summed E-state index contributed by atoms with van der Waals surface area (Å²) in [7, 11) is 0. The summed E-state index contributed by atoms with van der Waals surface area (Å²) in [5, 5.41) is 56.8. The summed E-state index contributed by atoms with van der Waals surface area (Å²) in [6, 6.07) is 0. The van der Waals surface area contributed by atoms with Crippen LogP contribution in [0.5, 0.6) is 0 Å². The van der Waals surface area contributed by atoms with Crippen LogP contribution in [0.15, 0.2) is 23.0 Å². The minimum atomic E-state index is -1.50. The van der Waals surface area contributed by atoms with E-state index >= 15 is 0 Å². The number of cyclic esters (lactones) is 2. The van der Waals surface area contributed by atoms with Gasteiger partial charge in [0.2, 0.25) is 17.3 Å². The zero-order chi connectivity index (χ0) is 30.2. The molecule has 0 aliphatic carbocycles. The van der Waals surface area contributed by atoms with E-state index in [0.29, 0.717) is 6.42 Å². The zero-order valence-corrected chi connectivity index (χ0v) is 23.4. The van der Waals surface area contributed by atoms with E-state index in [-0.39, 0.29) is 18.8 Å². The molecule has 0 saturated heterocycles. The van der Waals surface area contributed by atoms with E-state index in [9.17, 15) is 34.8 Å². The van der Waals surface area contributed by atoms with Crippen molar-refractivity contribution in [1.82, 2.24) is 0 Å². The predicted molar refractivity (Wildman–Crippen MR) is 142 cm³/mol. The van der Waals surface area contributed by atoms with Crippen molar-refractivity contribution in [3.8, 4) is 0 Å². The Kier molecular flexibility index (Phi) is 15.5. The lowest BCUT2D eigenvalue weighted by molar-refractivity contribution is -0.151. The summed E-state index contributed by atoms with van der Waals surface area (Å²) >= 11 is 0. The summed E-state index contributed by atoms with van der Waals surface area (Å²) < 4.78 is 20.0. The topological polar surface area (TPSA) is 210 Å². The third kappa shape index (κ3) is 11.1. The predicted octanol–water partition coefficient (Wildman–Crippen LogP) is 2.10. The Hall–Kier alpha value is -2.87. The smallest absolute Gasteiger partial charge is 0.378 e. The lowest BCUT2D eigenvalue weighted by Crippen LogP contribution is -2.33. The Labute approximate surface area is 239 Å². The molecule has 0 aromatic carbocycles.